The van der Waals surface area contributed by atoms with Crippen LogP contribution in [0.4, 0.5) is 15.8 Å². The molecule has 0 aliphatic carbocycles. The van der Waals surface area contributed by atoms with Gasteiger partial charge in [0.2, 0.25) is 0 Å². The average molecular weight is 236 g/mol. The number of hydrogen-bond donors (Lipinski definition) is 1. The summed E-state index contributed by atoms with van der Waals surface area (Å²) in [6.07, 6.45) is 1.00. The van der Waals surface area contributed by atoms with Gasteiger partial charge in [0.05, 0.1) is 11.8 Å². The molecule has 6 heteroatoms. The van der Waals surface area contributed by atoms with Crippen LogP contribution in [0.2, 0.25) is 0 Å². The van der Waals surface area contributed by atoms with E-state index in [-0.39, 0.29) is 11.8 Å². The monoisotopic (exact) mass is 236 g/mol. The summed E-state index contributed by atoms with van der Waals surface area (Å²) in [6, 6.07) is 4.59. The minimum Gasteiger partial charge on any atom is -0.393 e. The highest BCUT2D eigenvalue weighted by Crippen LogP contribution is 2.33. The molecule has 17 heavy (non-hydrogen) atoms. The zero-order valence-electron chi connectivity index (χ0n) is 9.25. The van der Waals surface area contributed by atoms with Crippen LogP contribution in [0.25, 0.3) is 10.4 Å². The number of piperidine rings is 1. The Morgan fingerprint density at radius 3 is 2.76 bits per heavy atom. The van der Waals surface area contributed by atoms with E-state index in [4.69, 9.17) is 5.53 Å². The largest absolute Gasteiger partial charge is 0.393 e. The summed E-state index contributed by atoms with van der Waals surface area (Å²) < 4.78 is 13.5. The van der Waals surface area contributed by atoms with Crippen molar-refractivity contribution in [1.82, 2.24) is 0 Å². The summed E-state index contributed by atoms with van der Waals surface area (Å²) in [5, 5.41) is 12.8. The van der Waals surface area contributed by atoms with Crippen molar-refractivity contribution in [1.29, 1.82) is 0 Å². The molecule has 1 fully saturated rings. The Bertz CT molecular complexity index is 451. The van der Waals surface area contributed by atoms with Crippen molar-refractivity contribution in [2.45, 2.75) is 18.9 Å². The number of aliphatic hydroxyl groups excluding tert-OH is 1. The lowest BCUT2D eigenvalue weighted by atomic mass is 10.1. The van der Waals surface area contributed by atoms with Gasteiger partial charge in [-0.2, -0.15) is 0 Å². The van der Waals surface area contributed by atoms with Crippen LogP contribution in [0.1, 0.15) is 12.8 Å². The molecule has 2 rings (SSSR count). The van der Waals surface area contributed by atoms with Gasteiger partial charge in [-0.25, -0.2) is 4.39 Å². The van der Waals surface area contributed by atoms with Gasteiger partial charge >= 0.3 is 0 Å². The molecule has 1 heterocycles. The molecule has 0 aromatic heterocycles. The van der Waals surface area contributed by atoms with Gasteiger partial charge < -0.3 is 10.0 Å². The van der Waals surface area contributed by atoms with Crippen LogP contribution in [-0.2, 0) is 0 Å². The van der Waals surface area contributed by atoms with Gasteiger partial charge in [-0.1, -0.05) is 11.2 Å². The van der Waals surface area contributed by atoms with Crippen molar-refractivity contribution >= 4 is 11.4 Å². The standard InChI is InChI=1S/C11H13FN4O/c12-9-2-1-3-10(11(9)14-15-13)16-6-4-8(17)5-7-16/h1-3,8,17H,4-7H2. The molecule has 1 aromatic carbocycles. The van der Waals surface area contributed by atoms with E-state index < -0.39 is 5.82 Å². The Hall–Kier alpha value is -1.78. The zero-order valence-corrected chi connectivity index (χ0v) is 9.25. The first kappa shape index (κ1) is 11.7. The predicted octanol–water partition coefficient (Wildman–Crippen LogP) is 2.73. The van der Waals surface area contributed by atoms with E-state index in [9.17, 15) is 9.50 Å². The van der Waals surface area contributed by atoms with E-state index in [1.54, 1.807) is 12.1 Å². The summed E-state index contributed by atoms with van der Waals surface area (Å²) in [5.41, 5.74) is 9.07. The number of halogens is 1. The van der Waals surface area contributed by atoms with Crippen LogP contribution in [0.5, 0.6) is 0 Å². The van der Waals surface area contributed by atoms with Crippen molar-refractivity contribution in [2.75, 3.05) is 18.0 Å². The normalized spacial score (nSPS) is 16.7. The van der Waals surface area contributed by atoms with E-state index in [0.29, 0.717) is 31.6 Å². The van der Waals surface area contributed by atoms with Crippen LogP contribution in [0.3, 0.4) is 0 Å². The third-order valence-corrected chi connectivity index (χ3v) is 2.92. The predicted molar refractivity (Wildman–Crippen MR) is 62.7 cm³/mol. The first-order chi connectivity index (χ1) is 8.22. The van der Waals surface area contributed by atoms with Crippen molar-refractivity contribution in [2.24, 2.45) is 5.11 Å². The molecule has 1 saturated heterocycles. The van der Waals surface area contributed by atoms with Gasteiger partial charge in [0, 0.05) is 23.7 Å². The average Bonchev–Trinajstić information content (AvgIpc) is 2.33. The Balaban J connectivity index is 2.31. The molecule has 1 aromatic rings. The molecule has 5 nitrogen and oxygen atoms in total. The van der Waals surface area contributed by atoms with Gasteiger partial charge in [-0.3, -0.25) is 0 Å². The van der Waals surface area contributed by atoms with Crippen molar-refractivity contribution in [3.8, 4) is 0 Å². The fraction of sp³-hybridized carbons (Fsp3) is 0.455. The fourth-order valence-electron chi connectivity index (χ4n) is 2.01. The molecule has 0 unspecified atom stereocenters. The minimum atomic E-state index is -0.522. The Morgan fingerprint density at radius 2 is 2.12 bits per heavy atom. The second kappa shape index (κ2) is 5.03. The number of benzene rings is 1. The molecule has 0 bridgehead atoms. The lowest BCUT2D eigenvalue weighted by molar-refractivity contribution is 0.145. The summed E-state index contributed by atoms with van der Waals surface area (Å²) >= 11 is 0. The van der Waals surface area contributed by atoms with Crippen molar-refractivity contribution in [3.63, 3.8) is 0 Å². The molecule has 1 N–H and O–H groups in total. The minimum absolute atomic E-state index is 0.0337. The topological polar surface area (TPSA) is 72.2 Å². The van der Waals surface area contributed by atoms with Crippen LogP contribution < -0.4 is 4.90 Å². The van der Waals surface area contributed by atoms with Gasteiger partial charge in [0.25, 0.3) is 0 Å². The third kappa shape index (κ3) is 2.49. The highest BCUT2D eigenvalue weighted by atomic mass is 19.1. The smallest absolute Gasteiger partial charge is 0.134 e. The van der Waals surface area contributed by atoms with Crippen LogP contribution in [-0.4, -0.2) is 24.3 Å². The maximum atomic E-state index is 13.5. The summed E-state index contributed by atoms with van der Waals surface area (Å²) in [5.74, 6) is -0.522. The van der Waals surface area contributed by atoms with Crippen molar-refractivity contribution in [3.05, 3.63) is 34.5 Å². The van der Waals surface area contributed by atoms with Gasteiger partial charge in [-0.15, -0.1) is 0 Å². The van der Waals surface area contributed by atoms with Crippen molar-refractivity contribution < 1.29 is 9.50 Å². The first-order valence-electron chi connectivity index (χ1n) is 5.49. The molecule has 0 atom stereocenters. The molecule has 0 radical (unpaired) electrons. The van der Waals surface area contributed by atoms with Gasteiger partial charge in [-0.05, 0) is 30.5 Å². The first-order valence-corrected chi connectivity index (χ1v) is 5.49. The van der Waals surface area contributed by atoms with Crippen LogP contribution in [0.15, 0.2) is 23.3 Å². The van der Waals surface area contributed by atoms with Crippen LogP contribution in [0, 0.1) is 5.82 Å². The summed E-state index contributed by atoms with van der Waals surface area (Å²) in [4.78, 5) is 4.58. The highest BCUT2D eigenvalue weighted by Gasteiger charge is 2.20. The Labute approximate surface area is 98.1 Å². The van der Waals surface area contributed by atoms with E-state index in [1.165, 1.54) is 6.07 Å². The second-order valence-electron chi connectivity index (χ2n) is 4.02. The van der Waals surface area contributed by atoms with Gasteiger partial charge in [0.15, 0.2) is 0 Å². The van der Waals surface area contributed by atoms with Crippen LogP contribution >= 0.6 is 0 Å². The maximum Gasteiger partial charge on any atom is 0.134 e. The second-order valence-corrected chi connectivity index (χ2v) is 4.02. The molecule has 0 spiro atoms. The fourth-order valence-corrected chi connectivity index (χ4v) is 2.01. The molecular weight excluding hydrogens is 223 g/mol. The molecule has 0 saturated carbocycles. The number of rotatable bonds is 2. The lowest BCUT2D eigenvalue weighted by Gasteiger charge is -2.32. The third-order valence-electron chi connectivity index (χ3n) is 2.92. The van der Waals surface area contributed by atoms with E-state index in [1.807, 2.05) is 4.90 Å². The quantitative estimate of drug-likeness (QED) is 0.487. The van der Waals surface area contributed by atoms with Gasteiger partial charge in [0.1, 0.15) is 5.82 Å². The number of nitrogens with zero attached hydrogens (tertiary/aromatic N) is 4. The SMILES string of the molecule is [N-]=[N+]=Nc1c(F)cccc1N1CCC(O)CC1. The van der Waals surface area contributed by atoms with E-state index in [2.05, 4.69) is 10.0 Å². The number of hydrogen-bond acceptors (Lipinski definition) is 3. The summed E-state index contributed by atoms with van der Waals surface area (Å²) in [7, 11) is 0. The molecule has 90 valence electrons. The lowest BCUT2D eigenvalue weighted by Crippen LogP contribution is -2.35. The number of aliphatic hydroxyl groups is 1. The maximum absolute atomic E-state index is 13.5. The van der Waals surface area contributed by atoms with E-state index in [0.717, 1.165) is 0 Å². The molecule has 1 aliphatic rings. The Morgan fingerprint density at radius 1 is 1.41 bits per heavy atom. The number of azide groups is 1. The Kier molecular flexibility index (Phi) is 3.46. The molecular formula is C11H13FN4O. The zero-order chi connectivity index (χ0) is 12.3. The molecule has 1 aliphatic heterocycles. The molecule has 0 amide bonds. The van der Waals surface area contributed by atoms with E-state index >= 15 is 0 Å². The summed E-state index contributed by atoms with van der Waals surface area (Å²) in [6.45, 7) is 1.27. The number of anilines is 1. The highest BCUT2D eigenvalue weighted by molar-refractivity contribution is 5.67.